The first-order chi connectivity index (χ1) is 13.2. The molecule has 0 atom stereocenters. The van der Waals surface area contributed by atoms with Gasteiger partial charge in [0.05, 0.1) is 24.6 Å². The van der Waals surface area contributed by atoms with Crippen LogP contribution in [0.1, 0.15) is 12.6 Å². The van der Waals surface area contributed by atoms with E-state index in [0.717, 1.165) is 87.9 Å². The van der Waals surface area contributed by atoms with Crippen LogP contribution in [0.5, 0.6) is 0 Å². The van der Waals surface area contributed by atoms with Gasteiger partial charge in [-0.1, -0.05) is 6.92 Å². The molecule has 2 saturated heterocycles. The van der Waals surface area contributed by atoms with Crippen LogP contribution in [0.15, 0.2) is 18.5 Å². The fraction of sp³-hybridized carbons (Fsp3) is 0.579. The maximum absolute atomic E-state index is 5.41. The predicted octanol–water partition coefficient (Wildman–Crippen LogP) is 1.22. The summed E-state index contributed by atoms with van der Waals surface area (Å²) in [6, 6.07) is 1.94. The molecule has 0 bridgehead atoms. The summed E-state index contributed by atoms with van der Waals surface area (Å²) in [6.45, 7) is 12.5. The molecular weight excluding hydrogens is 342 g/mol. The molecule has 2 aromatic rings. The summed E-state index contributed by atoms with van der Waals surface area (Å²) in [4.78, 5) is 25.5. The van der Waals surface area contributed by atoms with Gasteiger partial charge in [0.1, 0.15) is 0 Å². The molecule has 2 aliphatic heterocycles. The van der Waals surface area contributed by atoms with Gasteiger partial charge in [0, 0.05) is 57.2 Å². The number of rotatable bonds is 4. The highest BCUT2D eigenvalue weighted by Crippen LogP contribution is 2.23. The molecule has 8 nitrogen and oxygen atoms in total. The minimum atomic E-state index is 0.727. The minimum absolute atomic E-state index is 0.727. The number of aromatic nitrogens is 4. The number of piperazine rings is 1. The van der Waals surface area contributed by atoms with Gasteiger partial charge in [0.15, 0.2) is 0 Å². The molecule has 0 aromatic carbocycles. The molecule has 0 unspecified atom stereocenters. The van der Waals surface area contributed by atoms with Crippen LogP contribution in [-0.2, 0) is 4.74 Å². The Labute approximate surface area is 160 Å². The topological polar surface area (TPSA) is 70.5 Å². The maximum Gasteiger partial charge on any atom is 0.225 e. The summed E-state index contributed by atoms with van der Waals surface area (Å²) in [7, 11) is 0. The van der Waals surface area contributed by atoms with Gasteiger partial charge in [-0.15, -0.1) is 0 Å². The second kappa shape index (κ2) is 8.14. The molecule has 2 fully saturated rings. The molecule has 4 rings (SSSR count). The standard InChI is InChI=1S/C19H27N7O/c1-3-24-6-8-25(9-7-24)18-20-5-4-17(23-18)16-14-21-19(22-15(16)2)26-10-12-27-13-11-26/h4-5,14H,3,6-13H2,1-2H3. The molecule has 27 heavy (non-hydrogen) atoms. The van der Waals surface area contributed by atoms with Crippen LogP contribution in [-0.4, -0.2) is 83.9 Å². The third-order valence-corrected chi connectivity index (χ3v) is 5.28. The zero-order chi connectivity index (χ0) is 18.6. The van der Waals surface area contributed by atoms with Crippen molar-refractivity contribution in [3.8, 4) is 11.3 Å². The molecule has 0 amide bonds. The molecule has 8 heteroatoms. The Morgan fingerprint density at radius 2 is 1.63 bits per heavy atom. The van der Waals surface area contributed by atoms with E-state index < -0.39 is 0 Å². The normalized spacial score (nSPS) is 18.7. The number of ether oxygens (including phenoxy) is 1. The van der Waals surface area contributed by atoms with Crippen molar-refractivity contribution < 1.29 is 4.74 Å². The van der Waals surface area contributed by atoms with Crippen LogP contribution in [0.2, 0.25) is 0 Å². The van der Waals surface area contributed by atoms with Crippen LogP contribution in [0.3, 0.4) is 0 Å². The number of nitrogens with zero attached hydrogens (tertiary/aromatic N) is 7. The molecule has 0 radical (unpaired) electrons. The van der Waals surface area contributed by atoms with E-state index in [2.05, 4.69) is 31.6 Å². The van der Waals surface area contributed by atoms with E-state index in [0.29, 0.717) is 0 Å². The van der Waals surface area contributed by atoms with E-state index in [9.17, 15) is 0 Å². The Balaban J connectivity index is 1.53. The van der Waals surface area contributed by atoms with Gasteiger partial charge < -0.3 is 19.4 Å². The summed E-state index contributed by atoms with van der Waals surface area (Å²) in [6.07, 6.45) is 3.72. The van der Waals surface area contributed by atoms with Crippen LogP contribution < -0.4 is 9.80 Å². The van der Waals surface area contributed by atoms with Crippen LogP contribution in [0.25, 0.3) is 11.3 Å². The SMILES string of the molecule is CCN1CCN(c2nccc(-c3cnc(N4CCOCC4)nc3C)n2)CC1. The lowest BCUT2D eigenvalue weighted by molar-refractivity contribution is 0.122. The summed E-state index contributed by atoms with van der Waals surface area (Å²) in [5.74, 6) is 1.56. The van der Waals surface area contributed by atoms with Crippen molar-refractivity contribution >= 4 is 11.9 Å². The zero-order valence-corrected chi connectivity index (χ0v) is 16.1. The first kappa shape index (κ1) is 18.1. The van der Waals surface area contributed by atoms with E-state index in [1.54, 1.807) is 0 Å². The molecule has 0 saturated carbocycles. The van der Waals surface area contributed by atoms with Gasteiger partial charge in [-0.25, -0.2) is 19.9 Å². The number of aryl methyl sites for hydroxylation is 1. The number of hydrogen-bond acceptors (Lipinski definition) is 8. The van der Waals surface area contributed by atoms with E-state index in [4.69, 9.17) is 14.7 Å². The van der Waals surface area contributed by atoms with Crippen molar-refractivity contribution in [2.45, 2.75) is 13.8 Å². The third kappa shape index (κ3) is 4.01. The van der Waals surface area contributed by atoms with Crippen molar-refractivity contribution in [3.05, 3.63) is 24.2 Å². The van der Waals surface area contributed by atoms with Crippen molar-refractivity contribution in [2.24, 2.45) is 0 Å². The van der Waals surface area contributed by atoms with Crippen molar-refractivity contribution in [3.63, 3.8) is 0 Å². The molecule has 0 aliphatic carbocycles. The van der Waals surface area contributed by atoms with Gasteiger partial charge in [-0.2, -0.15) is 0 Å². The number of anilines is 2. The molecular formula is C19H27N7O. The molecule has 144 valence electrons. The number of morpholine rings is 1. The second-order valence-electron chi connectivity index (χ2n) is 6.93. The molecule has 2 aromatic heterocycles. The lowest BCUT2D eigenvalue weighted by Crippen LogP contribution is -2.46. The van der Waals surface area contributed by atoms with Crippen molar-refractivity contribution in [1.29, 1.82) is 0 Å². The highest BCUT2D eigenvalue weighted by Gasteiger charge is 2.19. The summed E-state index contributed by atoms with van der Waals surface area (Å²) < 4.78 is 5.41. The highest BCUT2D eigenvalue weighted by molar-refractivity contribution is 5.62. The van der Waals surface area contributed by atoms with Gasteiger partial charge >= 0.3 is 0 Å². The average molecular weight is 369 g/mol. The molecule has 0 spiro atoms. The Kier molecular flexibility index (Phi) is 5.45. The third-order valence-electron chi connectivity index (χ3n) is 5.28. The molecule has 0 N–H and O–H groups in total. The van der Waals surface area contributed by atoms with E-state index in [1.807, 2.05) is 25.4 Å². The van der Waals surface area contributed by atoms with Crippen molar-refractivity contribution in [2.75, 3.05) is 68.8 Å². The van der Waals surface area contributed by atoms with Crippen LogP contribution in [0.4, 0.5) is 11.9 Å². The van der Waals surface area contributed by atoms with Gasteiger partial charge in [0.25, 0.3) is 0 Å². The minimum Gasteiger partial charge on any atom is -0.378 e. The van der Waals surface area contributed by atoms with Gasteiger partial charge in [-0.3, -0.25) is 0 Å². The quantitative estimate of drug-likeness (QED) is 0.797. The predicted molar refractivity (Wildman–Crippen MR) is 105 cm³/mol. The molecule has 4 heterocycles. The zero-order valence-electron chi connectivity index (χ0n) is 16.1. The fourth-order valence-corrected chi connectivity index (χ4v) is 3.54. The number of hydrogen-bond donors (Lipinski definition) is 0. The van der Waals surface area contributed by atoms with Gasteiger partial charge in [-0.05, 0) is 19.5 Å². The van der Waals surface area contributed by atoms with E-state index >= 15 is 0 Å². The Morgan fingerprint density at radius 3 is 2.33 bits per heavy atom. The van der Waals surface area contributed by atoms with E-state index in [-0.39, 0.29) is 0 Å². The summed E-state index contributed by atoms with van der Waals surface area (Å²) >= 11 is 0. The lowest BCUT2D eigenvalue weighted by Gasteiger charge is -2.34. The number of likely N-dealkylation sites (N-methyl/N-ethyl adjacent to an activating group) is 1. The Hall–Kier alpha value is -2.32. The smallest absolute Gasteiger partial charge is 0.225 e. The highest BCUT2D eigenvalue weighted by atomic mass is 16.5. The second-order valence-corrected chi connectivity index (χ2v) is 6.93. The first-order valence-corrected chi connectivity index (χ1v) is 9.71. The fourth-order valence-electron chi connectivity index (χ4n) is 3.54. The van der Waals surface area contributed by atoms with E-state index in [1.165, 1.54) is 0 Å². The monoisotopic (exact) mass is 369 g/mol. The molecule has 2 aliphatic rings. The largest absolute Gasteiger partial charge is 0.378 e. The van der Waals surface area contributed by atoms with Crippen molar-refractivity contribution in [1.82, 2.24) is 24.8 Å². The first-order valence-electron chi connectivity index (χ1n) is 9.71. The van der Waals surface area contributed by atoms with Crippen LogP contribution >= 0.6 is 0 Å². The summed E-state index contributed by atoms with van der Waals surface area (Å²) in [5, 5.41) is 0. The average Bonchev–Trinajstić information content (AvgIpc) is 2.74. The Bertz CT molecular complexity index is 770. The van der Waals surface area contributed by atoms with Gasteiger partial charge in [0.2, 0.25) is 11.9 Å². The van der Waals surface area contributed by atoms with Crippen LogP contribution in [0, 0.1) is 6.92 Å². The summed E-state index contributed by atoms with van der Waals surface area (Å²) in [5.41, 5.74) is 2.78. The lowest BCUT2D eigenvalue weighted by atomic mass is 10.2. The maximum atomic E-state index is 5.41. The Morgan fingerprint density at radius 1 is 0.926 bits per heavy atom.